The molecule has 40 heavy (non-hydrogen) atoms. The summed E-state index contributed by atoms with van der Waals surface area (Å²) < 4.78 is 221. The van der Waals surface area contributed by atoms with Crippen molar-refractivity contribution in [3.05, 3.63) is 42.0 Å². The third-order valence-corrected chi connectivity index (χ3v) is 4.14. The second-order valence-corrected chi connectivity index (χ2v) is 7.40. The molecule has 0 radical (unpaired) electrons. The minimum atomic E-state index is -7.78. The van der Waals surface area contributed by atoms with Crippen LogP contribution in [0.4, 0.5) is 70.2 Å². The van der Waals surface area contributed by atoms with E-state index in [4.69, 9.17) is 0 Å². The van der Waals surface area contributed by atoms with E-state index in [0.29, 0.717) is 12.1 Å². The monoisotopic (exact) mass is 624 g/mol. The molecule has 21 heteroatoms. The molecule has 0 bridgehead atoms. The van der Waals surface area contributed by atoms with Gasteiger partial charge in [-0.1, -0.05) is 18.7 Å². The van der Waals surface area contributed by atoms with Gasteiger partial charge in [0.1, 0.15) is 12.4 Å². The molecule has 0 aliphatic heterocycles. The highest BCUT2D eigenvalue weighted by Gasteiger charge is 2.84. The van der Waals surface area contributed by atoms with E-state index in [1.807, 2.05) is 0 Å². The number of carbonyl (C=O) groups is 1. The highest BCUT2D eigenvalue weighted by atomic mass is 19.4. The van der Waals surface area contributed by atoms with Gasteiger partial charge >= 0.3 is 54.8 Å². The van der Waals surface area contributed by atoms with Crippen molar-refractivity contribution in [2.75, 3.05) is 0 Å². The molecule has 0 saturated carbocycles. The molecule has 2 atom stereocenters. The van der Waals surface area contributed by atoms with E-state index in [1.54, 1.807) is 0 Å². The van der Waals surface area contributed by atoms with Gasteiger partial charge in [0.2, 0.25) is 0 Å². The van der Waals surface area contributed by atoms with Crippen LogP contribution < -0.4 is 4.74 Å². The molecule has 1 aromatic carbocycles. The van der Waals surface area contributed by atoms with Crippen LogP contribution in [0.2, 0.25) is 0 Å². The van der Waals surface area contributed by atoms with E-state index in [1.165, 1.54) is 11.7 Å². The summed E-state index contributed by atoms with van der Waals surface area (Å²) in [7, 11) is 0. The first-order valence-electron chi connectivity index (χ1n) is 9.57. The van der Waals surface area contributed by atoms with Crippen molar-refractivity contribution in [1.29, 1.82) is 0 Å². The Hall–Kier alpha value is -2.97. The quantitative estimate of drug-likeness (QED) is 0.140. The van der Waals surface area contributed by atoms with Gasteiger partial charge in [0, 0.05) is 5.57 Å². The molecule has 2 unspecified atom stereocenters. The minimum Gasteiger partial charge on any atom is -0.457 e. The Morgan fingerprint density at radius 1 is 0.800 bits per heavy atom. The summed E-state index contributed by atoms with van der Waals surface area (Å²) in [6.07, 6.45) is -41.6. The Balaban J connectivity index is 3.18. The van der Waals surface area contributed by atoms with Crippen molar-refractivity contribution in [2.45, 2.75) is 62.3 Å². The van der Waals surface area contributed by atoms with E-state index in [-0.39, 0.29) is 11.1 Å². The lowest BCUT2D eigenvalue weighted by Gasteiger charge is -2.38. The van der Waals surface area contributed by atoms with Gasteiger partial charge in [0.05, 0.1) is 0 Å². The van der Waals surface area contributed by atoms with Crippen LogP contribution in [0.25, 0.3) is 0 Å². The van der Waals surface area contributed by atoms with Crippen molar-refractivity contribution in [3.63, 3.8) is 0 Å². The summed E-state index contributed by atoms with van der Waals surface area (Å²) in [4.78, 5) is 11.3. The Bertz CT molecular complexity index is 1050. The highest BCUT2D eigenvalue weighted by Crippen LogP contribution is 2.55. The molecule has 0 saturated heterocycles. The lowest BCUT2D eigenvalue weighted by atomic mass is 10.2. The van der Waals surface area contributed by atoms with Gasteiger partial charge in [0.15, 0.2) is 0 Å². The highest BCUT2D eigenvalue weighted by molar-refractivity contribution is 5.86. The van der Waals surface area contributed by atoms with E-state index in [9.17, 15) is 75.0 Å². The molecule has 0 amide bonds. The van der Waals surface area contributed by atoms with Crippen molar-refractivity contribution in [2.24, 2.45) is 0 Å². The second kappa shape index (κ2) is 11.1. The van der Waals surface area contributed by atoms with E-state index >= 15 is 0 Å². The number of rotatable bonds is 12. The van der Waals surface area contributed by atoms with E-state index in [2.05, 4.69) is 20.8 Å². The summed E-state index contributed by atoms with van der Waals surface area (Å²) in [5, 5.41) is 0. The maximum absolute atomic E-state index is 14.0. The van der Waals surface area contributed by atoms with Gasteiger partial charge in [-0.15, -0.1) is 0 Å². The van der Waals surface area contributed by atoms with Crippen LogP contribution in [0.1, 0.15) is 12.5 Å². The predicted molar refractivity (Wildman–Crippen MR) is 94.5 cm³/mol. The van der Waals surface area contributed by atoms with Crippen molar-refractivity contribution < 1.29 is 94.0 Å². The van der Waals surface area contributed by atoms with E-state index < -0.39 is 67.1 Å². The minimum absolute atomic E-state index is 0.0333. The summed E-state index contributed by atoms with van der Waals surface area (Å²) in [5.74, 6) is -17.6. The van der Waals surface area contributed by atoms with Gasteiger partial charge < -0.3 is 9.47 Å². The number of alkyl halides is 16. The van der Waals surface area contributed by atoms with Crippen LogP contribution in [0.15, 0.2) is 36.4 Å². The topological polar surface area (TPSA) is 54.0 Å². The molecule has 5 nitrogen and oxygen atoms in total. The third-order valence-electron chi connectivity index (χ3n) is 4.14. The maximum Gasteiger partial charge on any atom is 0.462 e. The van der Waals surface area contributed by atoms with Gasteiger partial charge in [-0.05, 0) is 24.6 Å². The predicted octanol–water partition coefficient (Wildman–Crippen LogP) is 7.22. The van der Waals surface area contributed by atoms with Gasteiger partial charge in [0.25, 0.3) is 0 Å². The van der Waals surface area contributed by atoms with Crippen LogP contribution in [-0.4, -0.2) is 54.8 Å². The molecule has 0 fully saturated rings. The molecule has 0 spiro atoms. The molecule has 0 heterocycles. The Kier molecular flexibility index (Phi) is 9.75. The zero-order valence-electron chi connectivity index (χ0n) is 18.9. The Morgan fingerprint density at radius 3 is 1.68 bits per heavy atom. The average Bonchev–Trinajstić information content (AvgIpc) is 2.75. The third kappa shape index (κ3) is 7.40. The maximum atomic E-state index is 14.0. The zero-order chi connectivity index (χ0) is 31.8. The molecular weight excluding hydrogens is 612 g/mol. The van der Waals surface area contributed by atoms with Crippen LogP contribution in [0.5, 0.6) is 5.75 Å². The zero-order valence-corrected chi connectivity index (χ0v) is 18.9. The van der Waals surface area contributed by atoms with Crippen LogP contribution in [0, 0.1) is 0 Å². The Morgan fingerprint density at radius 2 is 1.27 bits per heavy atom. The molecular formula is C19H12F16O5. The van der Waals surface area contributed by atoms with Gasteiger partial charge in [-0.3, -0.25) is 9.47 Å². The molecule has 1 rings (SSSR count). The molecule has 230 valence electrons. The van der Waals surface area contributed by atoms with Gasteiger partial charge in [-0.25, -0.2) is 9.18 Å². The molecule has 0 N–H and O–H groups in total. The standard InChI is InChI=1S/C19H12F16O5/c1-8(2)11(36)37-7-9-3-5-10(6-4-9)38-13(21,22)12(20)39-19(34,35)15(25,17(29,30)31)40-18(32,33)14(23,24)16(26,27)28/h3-6,12H,1,7H2,2H3. The normalized spacial score (nSPS) is 16.2. The number of esters is 1. The number of benzene rings is 1. The summed E-state index contributed by atoms with van der Waals surface area (Å²) in [6.45, 7) is 4.00. The smallest absolute Gasteiger partial charge is 0.457 e. The molecule has 1 aromatic rings. The second-order valence-electron chi connectivity index (χ2n) is 7.40. The summed E-state index contributed by atoms with van der Waals surface area (Å²) >= 11 is 0. The lowest BCUT2D eigenvalue weighted by molar-refractivity contribution is -0.543. The van der Waals surface area contributed by atoms with Gasteiger partial charge in [-0.2, -0.15) is 65.9 Å². The van der Waals surface area contributed by atoms with Crippen LogP contribution in [0.3, 0.4) is 0 Å². The molecule has 0 aliphatic carbocycles. The number of hydrogen-bond acceptors (Lipinski definition) is 5. The fourth-order valence-corrected chi connectivity index (χ4v) is 2.09. The number of hydrogen-bond donors (Lipinski definition) is 0. The largest absolute Gasteiger partial charge is 0.462 e. The molecule has 0 aromatic heterocycles. The van der Waals surface area contributed by atoms with E-state index in [0.717, 1.165) is 12.1 Å². The Labute approximate surface area is 211 Å². The summed E-state index contributed by atoms with van der Waals surface area (Å²) in [5.41, 5.74) is -0.0117. The fourth-order valence-electron chi connectivity index (χ4n) is 2.09. The van der Waals surface area contributed by atoms with Crippen molar-refractivity contribution in [1.82, 2.24) is 0 Å². The van der Waals surface area contributed by atoms with Crippen molar-refractivity contribution >= 4 is 5.97 Å². The SMILES string of the molecule is C=C(C)C(=O)OCc1ccc(OC(F)(F)C(F)OC(F)(F)C(F)(OC(F)(F)C(F)(F)C(F)(F)F)C(F)(F)F)cc1. The first kappa shape index (κ1) is 35.1. The number of ether oxygens (including phenoxy) is 4. The fraction of sp³-hybridized carbons (Fsp3) is 0.526. The first-order chi connectivity index (χ1) is 17.6. The number of carbonyl (C=O) groups excluding carboxylic acids is 1. The average molecular weight is 624 g/mol. The van der Waals surface area contributed by atoms with Crippen molar-refractivity contribution in [3.8, 4) is 5.75 Å². The van der Waals surface area contributed by atoms with Crippen LogP contribution in [-0.2, 0) is 25.6 Å². The number of halogens is 16. The lowest BCUT2D eigenvalue weighted by Crippen LogP contribution is -2.66. The summed E-state index contributed by atoms with van der Waals surface area (Å²) in [6, 6.07) is 2.71. The molecule has 0 aliphatic rings. The first-order valence-corrected chi connectivity index (χ1v) is 9.57. The van der Waals surface area contributed by atoms with Crippen LogP contribution >= 0.6 is 0 Å².